The second-order valence-corrected chi connectivity index (χ2v) is 8.27. The fourth-order valence-corrected chi connectivity index (χ4v) is 4.34. The van der Waals surface area contributed by atoms with E-state index in [1.165, 1.54) is 37.9 Å². The lowest BCUT2D eigenvalue weighted by molar-refractivity contribution is -0.131. The van der Waals surface area contributed by atoms with E-state index >= 15 is 0 Å². The van der Waals surface area contributed by atoms with Crippen LogP contribution in [-0.4, -0.2) is 74.5 Å². The lowest BCUT2D eigenvalue weighted by atomic mass is 9.90. The van der Waals surface area contributed by atoms with E-state index in [4.69, 9.17) is 0 Å². The molecule has 0 aliphatic carbocycles. The lowest BCUT2D eigenvalue weighted by Crippen LogP contribution is -2.48. The minimum Gasteiger partial charge on any atom is -0.355 e. The highest BCUT2D eigenvalue weighted by atomic mass is 127. The number of carbonyl (C=O) groups is 1. The van der Waals surface area contributed by atoms with Gasteiger partial charge in [-0.1, -0.05) is 36.8 Å². The molecule has 0 radical (unpaired) electrons. The van der Waals surface area contributed by atoms with Crippen LogP contribution in [0.15, 0.2) is 35.3 Å². The monoisotopic (exact) mass is 527 g/mol. The van der Waals surface area contributed by atoms with Gasteiger partial charge >= 0.3 is 0 Å². The molecule has 2 N–H and O–H groups in total. The molecule has 30 heavy (non-hydrogen) atoms. The third-order valence-corrected chi connectivity index (χ3v) is 6.13. The van der Waals surface area contributed by atoms with E-state index in [-0.39, 0.29) is 29.9 Å². The Morgan fingerprint density at radius 2 is 1.73 bits per heavy atom. The largest absolute Gasteiger partial charge is 0.355 e. The third kappa shape index (κ3) is 8.41. The number of nitrogens with zero attached hydrogens (tertiary/aromatic N) is 3. The van der Waals surface area contributed by atoms with Crippen LogP contribution in [0.3, 0.4) is 0 Å². The van der Waals surface area contributed by atoms with Crippen LogP contribution in [0.2, 0.25) is 0 Å². The van der Waals surface area contributed by atoms with E-state index in [9.17, 15) is 4.79 Å². The molecule has 2 heterocycles. The highest BCUT2D eigenvalue weighted by Crippen LogP contribution is 2.21. The smallest absolute Gasteiger partial charge is 0.241 e. The number of halogens is 1. The summed E-state index contributed by atoms with van der Waals surface area (Å²) in [6.07, 6.45) is 7.27. The van der Waals surface area contributed by atoms with Crippen molar-refractivity contribution in [1.29, 1.82) is 0 Å². The van der Waals surface area contributed by atoms with Gasteiger partial charge in [0.15, 0.2) is 5.96 Å². The van der Waals surface area contributed by atoms with Crippen LogP contribution in [0.25, 0.3) is 0 Å². The average Bonchev–Trinajstić information content (AvgIpc) is 2.78. The average molecular weight is 527 g/mol. The fourth-order valence-electron chi connectivity index (χ4n) is 4.34. The Morgan fingerprint density at radius 1 is 1.03 bits per heavy atom. The Hall–Kier alpha value is -1.35. The second-order valence-electron chi connectivity index (χ2n) is 8.27. The SMILES string of the molecule is CN=C(NCCN1CCCCC1)NCC(=O)N1CCC(Cc2ccccc2)CC1.I. The number of rotatable bonds is 7. The Kier molecular flexibility index (Phi) is 11.5. The quantitative estimate of drug-likeness (QED) is 0.326. The molecule has 2 aliphatic heterocycles. The van der Waals surface area contributed by atoms with Gasteiger partial charge in [-0.15, -0.1) is 24.0 Å². The highest BCUT2D eigenvalue weighted by Gasteiger charge is 2.23. The zero-order valence-electron chi connectivity index (χ0n) is 18.3. The number of amides is 1. The molecule has 2 saturated heterocycles. The Morgan fingerprint density at radius 3 is 2.40 bits per heavy atom. The maximum absolute atomic E-state index is 12.6. The molecule has 0 aromatic heterocycles. The van der Waals surface area contributed by atoms with Gasteiger partial charge in [-0.05, 0) is 56.7 Å². The van der Waals surface area contributed by atoms with Crippen molar-refractivity contribution < 1.29 is 4.79 Å². The van der Waals surface area contributed by atoms with Crippen LogP contribution in [0.5, 0.6) is 0 Å². The van der Waals surface area contributed by atoms with Crippen LogP contribution >= 0.6 is 24.0 Å². The van der Waals surface area contributed by atoms with Gasteiger partial charge in [0, 0.05) is 33.2 Å². The molecule has 1 aromatic rings. The van der Waals surface area contributed by atoms with Gasteiger partial charge in [-0.25, -0.2) is 0 Å². The summed E-state index contributed by atoms with van der Waals surface area (Å²) >= 11 is 0. The van der Waals surface area contributed by atoms with Gasteiger partial charge in [0.05, 0.1) is 6.54 Å². The molecular weight excluding hydrogens is 489 g/mol. The van der Waals surface area contributed by atoms with Crippen LogP contribution in [0, 0.1) is 5.92 Å². The number of hydrogen-bond acceptors (Lipinski definition) is 3. The van der Waals surface area contributed by atoms with Crippen molar-refractivity contribution in [3.8, 4) is 0 Å². The Bertz CT molecular complexity index is 640. The molecule has 0 unspecified atom stereocenters. The van der Waals surface area contributed by atoms with E-state index in [1.54, 1.807) is 7.05 Å². The number of carbonyl (C=O) groups excluding carboxylic acids is 1. The summed E-state index contributed by atoms with van der Waals surface area (Å²) < 4.78 is 0. The minimum atomic E-state index is 0. The van der Waals surface area contributed by atoms with Gasteiger partial charge in [0.1, 0.15) is 0 Å². The lowest BCUT2D eigenvalue weighted by Gasteiger charge is -2.32. The van der Waals surface area contributed by atoms with Crippen LogP contribution in [0.4, 0.5) is 0 Å². The molecule has 0 bridgehead atoms. The molecule has 6 nitrogen and oxygen atoms in total. The molecular formula is C23H38IN5O. The van der Waals surface area contributed by atoms with Crippen molar-refractivity contribution in [3.63, 3.8) is 0 Å². The van der Waals surface area contributed by atoms with E-state index in [2.05, 4.69) is 50.9 Å². The zero-order chi connectivity index (χ0) is 20.3. The van der Waals surface area contributed by atoms with Gasteiger partial charge in [0.2, 0.25) is 5.91 Å². The van der Waals surface area contributed by atoms with Gasteiger partial charge in [0.25, 0.3) is 0 Å². The Balaban J connectivity index is 0.00000320. The van der Waals surface area contributed by atoms with Crippen molar-refractivity contribution in [2.45, 2.75) is 38.5 Å². The van der Waals surface area contributed by atoms with Crippen LogP contribution in [0.1, 0.15) is 37.7 Å². The van der Waals surface area contributed by atoms with E-state index < -0.39 is 0 Å². The Labute approximate surface area is 198 Å². The molecule has 3 rings (SSSR count). The number of benzene rings is 1. The molecule has 0 spiro atoms. The fraction of sp³-hybridized carbons (Fsp3) is 0.652. The standard InChI is InChI=1S/C23H37N5O.HI/c1-24-23(25-12-17-27-13-6-3-7-14-27)26-19-22(29)28-15-10-21(11-16-28)18-20-8-4-2-5-9-20;/h2,4-5,8-9,21H,3,6-7,10-19H2,1H3,(H2,24,25,26);1H. The summed E-state index contributed by atoms with van der Waals surface area (Å²) in [4.78, 5) is 21.3. The highest BCUT2D eigenvalue weighted by molar-refractivity contribution is 14.0. The summed E-state index contributed by atoms with van der Waals surface area (Å²) in [6, 6.07) is 10.7. The van der Waals surface area contributed by atoms with E-state index in [0.717, 1.165) is 45.4 Å². The van der Waals surface area contributed by atoms with Crippen LogP contribution in [-0.2, 0) is 11.2 Å². The molecule has 2 aliphatic rings. The van der Waals surface area contributed by atoms with Gasteiger partial charge < -0.3 is 20.4 Å². The van der Waals surface area contributed by atoms with Crippen molar-refractivity contribution in [3.05, 3.63) is 35.9 Å². The van der Waals surface area contributed by atoms with Gasteiger partial charge in [-0.2, -0.15) is 0 Å². The number of hydrogen-bond donors (Lipinski definition) is 2. The normalized spacial score (nSPS) is 18.6. The minimum absolute atomic E-state index is 0. The number of nitrogens with one attached hydrogen (secondary N) is 2. The summed E-state index contributed by atoms with van der Waals surface area (Å²) in [6.45, 7) is 6.33. The summed E-state index contributed by atoms with van der Waals surface area (Å²) in [5.74, 6) is 1.56. The second kappa shape index (κ2) is 13.9. The van der Waals surface area contributed by atoms with Crippen molar-refractivity contribution in [2.24, 2.45) is 10.9 Å². The third-order valence-electron chi connectivity index (χ3n) is 6.13. The molecule has 0 saturated carbocycles. The van der Waals surface area contributed by atoms with Crippen molar-refractivity contribution in [1.82, 2.24) is 20.4 Å². The number of likely N-dealkylation sites (tertiary alicyclic amines) is 2. The first-order valence-corrected chi connectivity index (χ1v) is 11.2. The number of aliphatic imine (C=N–C) groups is 1. The summed E-state index contributed by atoms with van der Waals surface area (Å²) in [7, 11) is 1.76. The molecule has 7 heteroatoms. The summed E-state index contributed by atoms with van der Waals surface area (Å²) in [5.41, 5.74) is 1.40. The first-order valence-electron chi connectivity index (χ1n) is 11.2. The molecule has 1 aromatic carbocycles. The molecule has 1 amide bonds. The topological polar surface area (TPSA) is 60.0 Å². The predicted octanol–water partition coefficient (Wildman–Crippen LogP) is 2.74. The van der Waals surface area contributed by atoms with Crippen molar-refractivity contribution in [2.75, 3.05) is 52.9 Å². The molecule has 2 fully saturated rings. The molecule has 168 valence electrons. The maximum atomic E-state index is 12.6. The van der Waals surface area contributed by atoms with Crippen molar-refractivity contribution >= 4 is 35.8 Å². The predicted molar refractivity (Wildman–Crippen MR) is 135 cm³/mol. The van der Waals surface area contributed by atoms with Crippen LogP contribution < -0.4 is 10.6 Å². The number of guanidine groups is 1. The summed E-state index contributed by atoms with van der Waals surface area (Å²) in [5, 5.41) is 6.52. The van der Waals surface area contributed by atoms with E-state index in [0.29, 0.717) is 18.4 Å². The number of piperidine rings is 2. The molecule has 0 atom stereocenters. The van der Waals surface area contributed by atoms with Gasteiger partial charge in [-0.3, -0.25) is 9.79 Å². The first-order chi connectivity index (χ1) is 14.2. The zero-order valence-corrected chi connectivity index (χ0v) is 20.6. The van der Waals surface area contributed by atoms with E-state index in [1.807, 2.05) is 4.90 Å². The first kappa shape index (κ1) is 24.9. The maximum Gasteiger partial charge on any atom is 0.241 e.